The molecule has 0 spiro atoms. The molecule has 9 heteroatoms. The van der Waals surface area contributed by atoms with Crippen LogP contribution in [0, 0.1) is 0 Å². The molecule has 0 heterocycles. The van der Waals surface area contributed by atoms with Gasteiger partial charge in [-0.05, 0) is 68.3 Å². The maximum Gasteiger partial charge on any atom is 0.408 e. The average Bonchev–Trinajstić information content (AvgIpc) is 2.66. The average molecular weight is 459 g/mol. The molecule has 2 rings (SSSR count). The summed E-state index contributed by atoms with van der Waals surface area (Å²) in [5.74, 6) is 0.544. The van der Waals surface area contributed by atoms with Gasteiger partial charge in [0.15, 0.2) is 0 Å². The van der Waals surface area contributed by atoms with Crippen LogP contribution in [0.1, 0.15) is 31.9 Å². The van der Waals surface area contributed by atoms with E-state index in [0.717, 1.165) is 0 Å². The van der Waals surface area contributed by atoms with Crippen molar-refractivity contribution in [2.24, 2.45) is 0 Å². The van der Waals surface area contributed by atoms with Crippen molar-refractivity contribution in [1.82, 2.24) is 5.32 Å². The fraction of sp³-hybridized carbons (Fsp3) is 0.409. The van der Waals surface area contributed by atoms with E-state index in [0.29, 0.717) is 27.6 Å². The number of halogens is 4. The molecular formula is C22H26ClF3N2O3. The maximum absolute atomic E-state index is 13.7. The Morgan fingerprint density at radius 1 is 1.06 bits per heavy atom. The van der Waals surface area contributed by atoms with E-state index in [-0.39, 0.29) is 13.0 Å². The van der Waals surface area contributed by atoms with Crippen LogP contribution in [0.4, 0.5) is 23.7 Å². The largest absolute Gasteiger partial charge is 0.497 e. The lowest BCUT2D eigenvalue weighted by molar-refractivity contribution is -0.142. The van der Waals surface area contributed by atoms with Crippen LogP contribution in [-0.4, -0.2) is 31.0 Å². The number of alkyl halides is 3. The zero-order chi connectivity index (χ0) is 23.2. The molecule has 0 saturated carbocycles. The van der Waals surface area contributed by atoms with Gasteiger partial charge in [-0.3, -0.25) is 0 Å². The summed E-state index contributed by atoms with van der Waals surface area (Å²) >= 11 is 6.03. The van der Waals surface area contributed by atoms with Gasteiger partial charge in [-0.15, -0.1) is 0 Å². The summed E-state index contributed by atoms with van der Waals surface area (Å²) in [6.07, 6.45) is -5.52. The first-order chi connectivity index (χ1) is 14.4. The SMILES string of the molecule is COc1ccc(NC(Cc2ccc(Cl)cc2CNC(=O)OC(C)(C)C)C(F)(F)F)cc1. The molecule has 1 atom stereocenters. The normalized spacial score (nSPS) is 12.8. The number of benzene rings is 2. The first kappa shape index (κ1) is 24.7. The number of methoxy groups -OCH3 is 1. The Morgan fingerprint density at radius 3 is 2.26 bits per heavy atom. The number of ether oxygens (including phenoxy) is 2. The molecule has 0 fully saturated rings. The Kier molecular flexibility index (Phi) is 8.06. The van der Waals surface area contributed by atoms with Crippen LogP contribution in [0.25, 0.3) is 0 Å². The summed E-state index contributed by atoms with van der Waals surface area (Å²) in [7, 11) is 1.48. The lowest BCUT2D eigenvalue weighted by atomic mass is 9.99. The monoisotopic (exact) mass is 458 g/mol. The first-order valence-electron chi connectivity index (χ1n) is 9.59. The zero-order valence-electron chi connectivity index (χ0n) is 17.8. The van der Waals surface area contributed by atoms with Crippen molar-refractivity contribution in [2.75, 3.05) is 12.4 Å². The minimum Gasteiger partial charge on any atom is -0.497 e. The molecule has 1 unspecified atom stereocenters. The highest BCUT2D eigenvalue weighted by Crippen LogP contribution is 2.29. The second-order valence-corrected chi connectivity index (χ2v) is 8.38. The molecule has 5 nitrogen and oxygen atoms in total. The highest BCUT2D eigenvalue weighted by atomic mass is 35.5. The number of hydrogen-bond donors (Lipinski definition) is 2. The van der Waals surface area contributed by atoms with Crippen LogP contribution >= 0.6 is 11.6 Å². The summed E-state index contributed by atoms with van der Waals surface area (Å²) in [6, 6.07) is 8.94. The van der Waals surface area contributed by atoms with Crippen LogP contribution in [0.3, 0.4) is 0 Å². The molecule has 0 aromatic heterocycles. The van der Waals surface area contributed by atoms with Gasteiger partial charge in [0.25, 0.3) is 0 Å². The number of amides is 1. The summed E-state index contributed by atoms with van der Waals surface area (Å²) < 4.78 is 51.4. The van der Waals surface area contributed by atoms with Crippen molar-refractivity contribution in [3.8, 4) is 5.75 Å². The second kappa shape index (κ2) is 10.1. The van der Waals surface area contributed by atoms with Gasteiger partial charge in [0.2, 0.25) is 0 Å². The minimum absolute atomic E-state index is 0.0160. The Labute approximate surface area is 184 Å². The molecule has 0 saturated heterocycles. The van der Waals surface area contributed by atoms with E-state index in [9.17, 15) is 18.0 Å². The highest BCUT2D eigenvalue weighted by Gasteiger charge is 2.40. The van der Waals surface area contributed by atoms with Crippen molar-refractivity contribution in [2.45, 2.75) is 51.6 Å². The molecule has 2 aromatic carbocycles. The quantitative estimate of drug-likeness (QED) is 0.537. The molecule has 2 N–H and O–H groups in total. The lowest BCUT2D eigenvalue weighted by Gasteiger charge is -2.24. The summed E-state index contributed by atoms with van der Waals surface area (Å²) in [4.78, 5) is 11.9. The second-order valence-electron chi connectivity index (χ2n) is 7.94. The van der Waals surface area contributed by atoms with Gasteiger partial charge in [0.05, 0.1) is 7.11 Å². The number of nitrogens with one attached hydrogen (secondary N) is 2. The molecule has 0 bridgehead atoms. The van der Waals surface area contributed by atoms with Crippen molar-refractivity contribution in [3.05, 3.63) is 58.6 Å². The summed E-state index contributed by atoms with van der Waals surface area (Å²) in [5.41, 5.74) is 0.503. The molecule has 0 radical (unpaired) electrons. The first-order valence-corrected chi connectivity index (χ1v) is 9.96. The highest BCUT2D eigenvalue weighted by molar-refractivity contribution is 6.30. The molecule has 170 valence electrons. The smallest absolute Gasteiger partial charge is 0.408 e. The molecule has 2 aromatic rings. The van der Waals surface area contributed by atoms with Gasteiger partial charge >= 0.3 is 12.3 Å². The lowest BCUT2D eigenvalue weighted by Crippen LogP contribution is -2.38. The number of hydrogen-bond acceptors (Lipinski definition) is 4. The predicted octanol–water partition coefficient (Wildman–Crippen LogP) is 5.96. The Bertz CT molecular complexity index is 881. The third kappa shape index (κ3) is 8.20. The standard InChI is InChI=1S/C22H26ClF3N2O3/c1-21(2,3)31-20(29)27-13-15-11-16(23)6-5-14(15)12-19(22(24,25)26)28-17-7-9-18(30-4)10-8-17/h5-11,19,28H,12-13H2,1-4H3,(H,27,29). The van der Waals surface area contributed by atoms with Crippen molar-refractivity contribution >= 4 is 23.4 Å². The molecule has 31 heavy (non-hydrogen) atoms. The fourth-order valence-corrected chi connectivity index (χ4v) is 2.99. The van der Waals surface area contributed by atoms with Gasteiger partial charge in [-0.1, -0.05) is 17.7 Å². The number of carbonyl (C=O) groups excluding carboxylic acids is 1. The molecule has 1 amide bonds. The predicted molar refractivity (Wildman–Crippen MR) is 115 cm³/mol. The summed E-state index contributed by atoms with van der Waals surface area (Å²) in [6.45, 7) is 5.14. The van der Waals surface area contributed by atoms with E-state index in [2.05, 4.69) is 10.6 Å². The van der Waals surface area contributed by atoms with Crippen molar-refractivity contribution in [3.63, 3.8) is 0 Å². The molecule has 0 aliphatic carbocycles. The van der Waals surface area contributed by atoms with Gasteiger partial charge in [0, 0.05) is 23.7 Å². The van der Waals surface area contributed by atoms with Crippen LogP contribution < -0.4 is 15.4 Å². The Balaban J connectivity index is 2.19. The van der Waals surface area contributed by atoms with E-state index in [1.165, 1.54) is 37.4 Å². The molecule has 0 aliphatic rings. The van der Waals surface area contributed by atoms with E-state index in [1.807, 2.05) is 0 Å². The third-order valence-corrected chi connectivity index (χ3v) is 4.48. The minimum atomic E-state index is -4.50. The van der Waals surface area contributed by atoms with Crippen LogP contribution in [0.5, 0.6) is 5.75 Å². The van der Waals surface area contributed by atoms with Gasteiger partial charge in [-0.25, -0.2) is 4.79 Å². The summed E-state index contributed by atoms with van der Waals surface area (Å²) in [5, 5.41) is 5.45. The topological polar surface area (TPSA) is 59.6 Å². The fourth-order valence-electron chi connectivity index (χ4n) is 2.80. The van der Waals surface area contributed by atoms with Crippen molar-refractivity contribution < 1.29 is 27.4 Å². The molecular weight excluding hydrogens is 433 g/mol. The zero-order valence-corrected chi connectivity index (χ0v) is 18.5. The van der Waals surface area contributed by atoms with E-state index in [4.69, 9.17) is 21.1 Å². The van der Waals surface area contributed by atoms with Gasteiger partial charge in [0.1, 0.15) is 17.4 Å². The number of anilines is 1. The number of rotatable bonds is 7. The third-order valence-electron chi connectivity index (χ3n) is 4.24. The van der Waals surface area contributed by atoms with Crippen LogP contribution in [0.15, 0.2) is 42.5 Å². The Hall–Kier alpha value is -2.61. The number of carbonyl (C=O) groups is 1. The van der Waals surface area contributed by atoms with E-state index >= 15 is 0 Å². The molecule has 0 aliphatic heterocycles. The van der Waals surface area contributed by atoms with Crippen LogP contribution in [-0.2, 0) is 17.7 Å². The van der Waals surface area contributed by atoms with Crippen molar-refractivity contribution in [1.29, 1.82) is 0 Å². The van der Waals surface area contributed by atoms with E-state index in [1.54, 1.807) is 32.9 Å². The number of alkyl carbamates (subject to hydrolysis) is 1. The van der Waals surface area contributed by atoms with Gasteiger partial charge < -0.3 is 20.1 Å². The van der Waals surface area contributed by atoms with Gasteiger partial charge in [-0.2, -0.15) is 13.2 Å². The Morgan fingerprint density at radius 2 is 1.71 bits per heavy atom. The van der Waals surface area contributed by atoms with Crippen LogP contribution in [0.2, 0.25) is 5.02 Å². The maximum atomic E-state index is 13.7. The van der Waals surface area contributed by atoms with E-state index < -0.39 is 23.9 Å².